The van der Waals surface area contributed by atoms with Gasteiger partial charge < -0.3 is 4.43 Å². The van der Waals surface area contributed by atoms with E-state index in [-0.39, 0.29) is 11.4 Å². The second kappa shape index (κ2) is 5.21. The fourth-order valence-corrected chi connectivity index (χ4v) is 9.44. The molecule has 0 aromatic carbocycles. The summed E-state index contributed by atoms with van der Waals surface area (Å²) in [6, 6.07) is 3.19. The smallest absolute Gasteiger partial charge is 0.298 e. The van der Waals surface area contributed by atoms with E-state index in [1.54, 1.807) is 0 Å². The fraction of sp³-hybridized carbons (Fsp3) is 0.850. The maximum absolute atomic E-state index is 13.2. The highest BCUT2D eigenvalue weighted by Gasteiger charge is 2.67. The average molecular weight is 333 g/mol. The summed E-state index contributed by atoms with van der Waals surface area (Å²) in [5.41, 5.74) is -0.193. The molecule has 7 atom stereocenters. The Hall–Kier alpha value is -0.573. The SMILES string of the molecule is CC[Si](CC)(CC)OC(=O)C1(C)CC2CC1C1C3C=CC(C3)C21. The summed E-state index contributed by atoms with van der Waals surface area (Å²) in [6.07, 6.45) is 8.68. The van der Waals surface area contributed by atoms with Gasteiger partial charge in [0.15, 0.2) is 0 Å². The molecule has 23 heavy (non-hydrogen) atoms. The Kier molecular flexibility index (Phi) is 3.61. The average Bonchev–Trinajstić information content (AvgIpc) is 3.30. The van der Waals surface area contributed by atoms with Crippen molar-refractivity contribution < 1.29 is 9.22 Å². The zero-order valence-corrected chi connectivity index (χ0v) is 16.2. The third kappa shape index (κ3) is 2.01. The first kappa shape index (κ1) is 15.9. The van der Waals surface area contributed by atoms with Gasteiger partial charge in [-0.05, 0) is 79.8 Å². The number of fused-ring (bicyclic) bond motifs is 9. The van der Waals surface area contributed by atoms with Crippen molar-refractivity contribution in [1.29, 1.82) is 0 Å². The van der Waals surface area contributed by atoms with Gasteiger partial charge in [0.1, 0.15) is 0 Å². The highest BCUT2D eigenvalue weighted by Crippen LogP contribution is 2.70. The first-order valence-corrected chi connectivity index (χ1v) is 12.4. The van der Waals surface area contributed by atoms with Crippen LogP contribution in [-0.4, -0.2) is 14.3 Å². The van der Waals surface area contributed by atoms with E-state index in [0.29, 0.717) is 5.92 Å². The van der Waals surface area contributed by atoms with Crippen molar-refractivity contribution >= 4 is 14.3 Å². The van der Waals surface area contributed by atoms with Crippen molar-refractivity contribution in [3.63, 3.8) is 0 Å². The molecule has 4 aliphatic carbocycles. The highest BCUT2D eigenvalue weighted by atomic mass is 28.4. The van der Waals surface area contributed by atoms with Crippen LogP contribution < -0.4 is 0 Å². The first-order valence-electron chi connectivity index (χ1n) is 9.89. The minimum atomic E-state index is -1.84. The summed E-state index contributed by atoms with van der Waals surface area (Å²) in [4.78, 5) is 13.2. The van der Waals surface area contributed by atoms with Crippen molar-refractivity contribution in [2.24, 2.45) is 40.9 Å². The normalized spacial score (nSPS) is 46.4. The predicted octanol–water partition coefficient (Wildman–Crippen LogP) is 5.02. The molecule has 128 valence electrons. The second-order valence-corrected chi connectivity index (χ2v) is 13.7. The summed E-state index contributed by atoms with van der Waals surface area (Å²) in [7, 11) is -1.84. The summed E-state index contributed by atoms with van der Waals surface area (Å²) >= 11 is 0. The van der Waals surface area contributed by atoms with E-state index in [0.717, 1.165) is 54.1 Å². The molecule has 0 saturated heterocycles. The van der Waals surface area contributed by atoms with Gasteiger partial charge in [-0.15, -0.1) is 0 Å². The molecule has 0 aromatic heterocycles. The lowest BCUT2D eigenvalue weighted by molar-refractivity contribution is -0.151. The standard InChI is InChI=1S/C20H32O2Si/c1-5-23(6-2,7-3)22-19(21)20(4)12-15-11-16(20)18-14-9-8-13(10-14)17(15)18/h8-9,13-18H,5-7,10-12H2,1-4H3. The Bertz CT molecular complexity index is 529. The van der Waals surface area contributed by atoms with Gasteiger partial charge in [-0.2, -0.15) is 0 Å². The van der Waals surface area contributed by atoms with Crippen LogP contribution in [0.5, 0.6) is 0 Å². The zero-order valence-electron chi connectivity index (χ0n) is 15.2. The van der Waals surface area contributed by atoms with E-state index in [9.17, 15) is 4.79 Å². The van der Waals surface area contributed by atoms with E-state index in [1.807, 2.05) is 0 Å². The molecule has 3 heteroatoms. The van der Waals surface area contributed by atoms with Crippen molar-refractivity contribution in [1.82, 2.24) is 0 Å². The third-order valence-corrected chi connectivity index (χ3v) is 12.8. The molecule has 0 radical (unpaired) electrons. The van der Waals surface area contributed by atoms with Gasteiger partial charge in [0, 0.05) is 0 Å². The Morgan fingerprint density at radius 2 is 1.70 bits per heavy atom. The predicted molar refractivity (Wildman–Crippen MR) is 95.3 cm³/mol. The van der Waals surface area contributed by atoms with E-state index in [2.05, 4.69) is 39.8 Å². The number of hydrogen-bond donors (Lipinski definition) is 0. The molecule has 0 aliphatic heterocycles. The van der Waals surface area contributed by atoms with Crippen LogP contribution in [-0.2, 0) is 9.22 Å². The van der Waals surface area contributed by atoms with Crippen LogP contribution in [0.15, 0.2) is 12.2 Å². The molecule has 7 unspecified atom stereocenters. The quantitative estimate of drug-likeness (QED) is 0.401. The molecule has 3 saturated carbocycles. The van der Waals surface area contributed by atoms with Crippen molar-refractivity contribution in [3.8, 4) is 0 Å². The van der Waals surface area contributed by atoms with E-state index >= 15 is 0 Å². The molecule has 0 N–H and O–H groups in total. The molecule has 4 aliphatic rings. The van der Waals surface area contributed by atoms with Gasteiger partial charge in [-0.3, -0.25) is 4.79 Å². The highest BCUT2D eigenvalue weighted by molar-refractivity contribution is 6.75. The van der Waals surface area contributed by atoms with Crippen LogP contribution in [0.25, 0.3) is 0 Å². The third-order valence-electron chi connectivity index (χ3n) is 8.36. The van der Waals surface area contributed by atoms with Crippen LogP contribution >= 0.6 is 0 Å². The molecule has 3 fully saturated rings. The molecule has 0 aromatic rings. The van der Waals surface area contributed by atoms with Crippen LogP contribution in [0.4, 0.5) is 0 Å². The number of carbonyl (C=O) groups is 1. The van der Waals surface area contributed by atoms with Crippen molar-refractivity contribution in [2.45, 2.75) is 65.1 Å². The van der Waals surface area contributed by atoms with Gasteiger partial charge in [-0.1, -0.05) is 32.9 Å². The maximum Gasteiger partial charge on any atom is 0.298 e. The maximum atomic E-state index is 13.2. The summed E-state index contributed by atoms with van der Waals surface area (Å²) in [5, 5.41) is 0. The Labute approximate surface area is 142 Å². The zero-order chi connectivity index (χ0) is 16.4. The number of hydrogen-bond acceptors (Lipinski definition) is 2. The number of rotatable bonds is 5. The van der Waals surface area contributed by atoms with Gasteiger partial charge in [-0.25, -0.2) is 0 Å². The van der Waals surface area contributed by atoms with E-state index in [1.165, 1.54) is 12.8 Å². The van der Waals surface area contributed by atoms with E-state index < -0.39 is 8.32 Å². The Morgan fingerprint density at radius 1 is 1.09 bits per heavy atom. The van der Waals surface area contributed by atoms with Crippen LogP contribution in [0.3, 0.4) is 0 Å². The topological polar surface area (TPSA) is 26.3 Å². The number of allylic oxidation sites excluding steroid dienone is 2. The molecular weight excluding hydrogens is 300 g/mol. The van der Waals surface area contributed by atoms with Crippen molar-refractivity contribution in [3.05, 3.63) is 12.2 Å². The summed E-state index contributed by atoms with van der Waals surface area (Å²) in [6.45, 7) is 8.89. The molecule has 0 heterocycles. The first-order chi connectivity index (χ1) is 11.0. The van der Waals surface area contributed by atoms with Crippen molar-refractivity contribution in [2.75, 3.05) is 0 Å². The van der Waals surface area contributed by atoms with Crippen LogP contribution in [0, 0.1) is 40.9 Å². The Morgan fingerprint density at radius 3 is 2.30 bits per heavy atom. The largest absolute Gasteiger partial charge is 0.519 e. The molecule has 4 bridgehead atoms. The van der Waals surface area contributed by atoms with Gasteiger partial charge in [0.2, 0.25) is 0 Å². The summed E-state index contributed by atoms with van der Waals surface area (Å²) in [5.74, 6) is 4.80. The molecule has 2 nitrogen and oxygen atoms in total. The minimum absolute atomic E-state index is 0.174. The monoisotopic (exact) mass is 332 g/mol. The van der Waals surface area contributed by atoms with Gasteiger partial charge >= 0.3 is 0 Å². The van der Waals surface area contributed by atoms with Gasteiger partial charge in [0.25, 0.3) is 14.3 Å². The molecule has 4 rings (SSSR count). The van der Waals surface area contributed by atoms with E-state index in [4.69, 9.17) is 4.43 Å². The summed E-state index contributed by atoms with van der Waals surface area (Å²) < 4.78 is 6.34. The van der Waals surface area contributed by atoms with Crippen LogP contribution in [0.1, 0.15) is 47.0 Å². The minimum Gasteiger partial charge on any atom is -0.519 e. The lowest BCUT2D eigenvalue weighted by Crippen LogP contribution is -2.48. The number of carbonyl (C=O) groups excluding carboxylic acids is 1. The Balaban J connectivity index is 1.56. The molecular formula is C20H32O2Si. The lowest BCUT2D eigenvalue weighted by atomic mass is 9.63. The molecule has 0 amide bonds. The molecule has 0 spiro atoms. The fourth-order valence-electron chi connectivity index (χ4n) is 6.88. The van der Waals surface area contributed by atoms with Gasteiger partial charge in [0.05, 0.1) is 5.41 Å². The van der Waals surface area contributed by atoms with Crippen LogP contribution in [0.2, 0.25) is 18.1 Å². The lowest BCUT2D eigenvalue weighted by Gasteiger charge is -2.43. The second-order valence-electron chi connectivity index (χ2n) is 8.96.